The first-order chi connectivity index (χ1) is 14.5. The number of hydrogen-bond acceptors (Lipinski definition) is 5. The maximum atomic E-state index is 14.2. The first kappa shape index (κ1) is 21.7. The lowest BCUT2D eigenvalue weighted by atomic mass is 10.1. The van der Waals surface area contributed by atoms with Gasteiger partial charge in [0.25, 0.3) is 5.91 Å². The van der Waals surface area contributed by atoms with Crippen LogP contribution in [0.5, 0.6) is 0 Å². The third kappa shape index (κ3) is 6.50. The number of rotatable bonds is 10. The molecule has 1 N–H and O–H groups in total. The zero-order chi connectivity index (χ0) is 21.3. The number of halogens is 1. The lowest BCUT2D eigenvalue weighted by molar-refractivity contribution is 0.0946. The highest BCUT2D eigenvalue weighted by Gasteiger charge is 2.16. The van der Waals surface area contributed by atoms with E-state index in [1.54, 1.807) is 12.1 Å². The van der Waals surface area contributed by atoms with Gasteiger partial charge in [-0.2, -0.15) is 0 Å². The van der Waals surface area contributed by atoms with Gasteiger partial charge in [-0.25, -0.2) is 9.37 Å². The van der Waals surface area contributed by atoms with Gasteiger partial charge in [0.2, 0.25) is 5.89 Å². The summed E-state index contributed by atoms with van der Waals surface area (Å²) in [5.74, 6) is -0.0977. The van der Waals surface area contributed by atoms with E-state index in [1.165, 1.54) is 12.3 Å². The molecule has 0 saturated carbocycles. The van der Waals surface area contributed by atoms with Crippen molar-refractivity contribution >= 4 is 5.91 Å². The van der Waals surface area contributed by atoms with Crippen molar-refractivity contribution in [2.24, 2.45) is 0 Å². The highest BCUT2D eigenvalue weighted by atomic mass is 19.1. The molecule has 158 valence electrons. The van der Waals surface area contributed by atoms with Gasteiger partial charge in [-0.15, -0.1) is 0 Å². The number of hydrogen-bond donors (Lipinski definition) is 1. The van der Waals surface area contributed by atoms with Gasteiger partial charge >= 0.3 is 0 Å². The van der Waals surface area contributed by atoms with E-state index in [-0.39, 0.29) is 17.4 Å². The minimum Gasteiger partial charge on any atom is -0.447 e. The van der Waals surface area contributed by atoms with Crippen LogP contribution in [0.25, 0.3) is 0 Å². The van der Waals surface area contributed by atoms with Crippen LogP contribution in [0.2, 0.25) is 0 Å². The normalized spacial score (nSPS) is 11.2. The molecule has 0 unspecified atom stereocenters. The molecule has 0 atom stereocenters. The monoisotopic (exact) mass is 410 g/mol. The zero-order valence-electron chi connectivity index (χ0n) is 17.3. The summed E-state index contributed by atoms with van der Waals surface area (Å²) in [5.41, 5.74) is 1.94. The number of nitrogens with zero attached hydrogens (tertiary/aromatic N) is 3. The zero-order valence-corrected chi connectivity index (χ0v) is 17.3. The van der Waals surface area contributed by atoms with Crippen LogP contribution in [-0.2, 0) is 19.6 Å². The van der Waals surface area contributed by atoms with Crippen LogP contribution in [0.4, 0.5) is 4.39 Å². The van der Waals surface area contributed by atoms with Crippen LogP contribution >= 0.6 is 0 Å². The fraction of sp³-hybridized carbons (Fsp3) is 0.304. The fourth-order valence-corrected chi connectivity index (χ4v) is 3.04. The second-order valence-electron chi connectivity index (χ2n) is 7.41. The van der Waals surface area contributed by atoms with Gasteiger partial charge in [-0.1, -0.05) is 48.5 Å². The van der Waals surface area contributed by atoms with Gasteiger partial charge in [0.05, 0.1) is 6.54 Å². The highest BCUT2D eigenvalue weighted by Crippen LogP contribution is 2.16. The first-order valence-electron chi connectivity index (χ1n) is 9.88. The topological polar surface area (TPSA) is 61.6 Å². The molecule has 3 aromatic rings. The lowest BCUT2D eigenvalue weighted by Crippen LogP contribution is -2.31. The number of carbonyl (C=O) groups is 1. The van der Waals surface area contributed by atoms with Crippen molar-refractivity contribution in [2.45, 2.75) is 19.6 Å². The molecule has 6 nitrogen and oxygen atoms in total. The van der Waals surface area contributed by atoms with Gasteiger partial charge in [0.15, 0.2) is 5.69 Å². The van der Waals surface area contributed by atoms with Gasteiger partial charge in [0, 0.05) is 31.7 Å². The van der Waals surface area contributed by atoms with E-state index in [4.69, 9.17) is 4.42 Å². The van der Waals surface area contributed by atoms with E-state index in [0.29, 0.717) is 37.6 Å². The average Bonchev–Trinajstić information content (AvgIpc) is 3.19. The molecule has 0 aliphatic rings. The lowest BCUT2D eigenvalue weighted by Gasteiger charge is -2.21. The summed E-state index contributed by atoms with van der Waals surface area (Å²) in [6, 6.07) is 16.7. The minimum atomic E-state index is -0.268. The quantitative estimate of drug-likeness (QED) is 0.556. The van der Waals surface area contributed by atoms with Gasteiger partial charge < -0.3 is 14.6 Å². The molecule has 2 aromatic carbocycles. The van der Waals surface area contributed by atoms with Crippen LogP contribution in [0, 0.1) is 5.82 Å². The first-order valence-corrected chi connectivity index (χ1v) is 9.88. The molecule has 30 heavy (non-hydrogen) atoms. The van der Waals surface area contributed by atoms with Crippen molar-refractivity contribution in [1.82, 2.24) is 20.1 Å². The molecule has 1 heterocycles. The Morgan fingerprint density at radius 2 is 1.77 bits per heavy atom. The Kier molecular flexibility index (Phi) is 7.70. The molecular weight excluding hydrogens is 383 g/mol. The molecule has 0 spiro atoms. The Balaban J connectivity index is 1.69. The Morgan fingerprint density at radius 3 is 2.50 bits per heavy atom. The number of oxazole rings is 1. The molecule has 1 aromatic heterocycles. The number of amides is 1. The summed E-state index contributed by atoms with van der Waals surface area (Å²) < 4.78 is 19.7. The van der Waals surface area contributed by atoms with Crippen LogP contribution in [-0.4, -0.2) is 47.9 Å². The van der Waals surface area contributed by atoms with Crippen LogP contribution in [0.1, 0.15) is 27.5 Å². The summed E-state index contributed by atoms with van der Waals surface area (Å²) >= 11 is 0. The summed E-state index contributed by atoms with van der Waals surface area (Å²) in [7, 11) is 3.88. The molecule has 0 radical (unpaired) electrons. The largest absolute Gasteiger partial charge is 0.447 e. The van der Waals surface area contributed by atoms with E-state index >= 15 is 0 Å². The minimum absolute atomic E-state index is 0.245. The average molecular weight is 410 g/mol. The van der Waals surface area contributed by atoms with Crippen molar-refractivity contribution < 1.29 is 13.6 Å². The molecule has 0 fully saturated rings. The Morgan fingerprint density at radius 1 is 1.03 bits per heavy atom. The van der Waals surface area contributed by atoms with Gasteiger partial charge in [0.1, 0.15) is 12.1 Å². The third-order valence-corrected chi connectivity index (χ3v) is 4.59. The standard InChI is InChI=1S/C23H27FN4O2/c1-27(2)13-12-25-23(29)21-17-30-22(26-21)16-28(14-18-8-4-3-5-9-18)15-19-10-6-7-11-20(19)24/h3-11,17H,12-16H2,1-2H3,(H,25,29). The summed E-state index contributed by atoms with van der Waals surface area (Å²) in [4.78, 5) is 20.6. The van der Waals surface area contributed by atoms with E-state index in [0.717, 1.165) is 12.1 Å². The van der Waals surface area contributed by atoms with E-state index in [1.807, 2.05) is 60.3 Å². The smallest absolute Gasteiger partial charge is 0.273 e. The van der Waals surface area contributed by atoms with Crippen molar-refractivity contribution in [3.63, 3.8) is 0 Å². The molecule has 1 amide bonds. The number of carbonyl (C=O) groups excluding carboxylic acids is 1. The fourth-order valence-electron chi connectivity index (χ4n) is 3.04. The molecule has 0 aliphatic heterocycles. The maximum Gasteiger partial charge on any atom is 0.273 e. The molecule has 0 aliphatic carbocycles. The second-order valence-corrected chi connectivity index (χ2v) is 7.41. The molecule has 0 bridgehead atoms. The number of nitrogens with one attached hydrogen (secondary N) is 1. The predicted molar refractivity (Wildman–Crippen MR) is 113 cm³/mol. The van der Waals surface area contributed by atoms with E-state index < -0.39 is 0 Å². The second kappa shape index (κ2) is 10.7. The van der Waals surface area contributed by atoms with Crippen LogP contribution < -0.4 is 5.32 Å². The van der Waals surface area contributed by atoms with Gasteiger partial charge in [-0.05, 0) is 25.7 Å². The Bertz CT molecular complexity index is 943. The molecule has 0 saturated heterocycles. The Hall–Kier alpha value is -3.03. The SMILES string of the molecule is CN(C)CCNC(=O)c1coc(CN(Cc2ccccc2)Cc2ccccc2F)n1. The van der Waals surface area contributed by atoms with E-state index in [2.05, 4.69) is 10.3 Å². The summed E-state index contributed by atoms with van der Waals surface area (Å²) in [6.45, 7) is 2.62. The van der Waals surface area contributed by atoms with Crippen LogP contribution in [0.15, 0.2) is 65.3 Å². The van der Waals surface area contributed by atoms with Crippen molar-refractivity contribution in [2.75, 3.05) is 27.2 Å². The third-order valence-electron chi connectivity index (χ3n) is 4.59. The molecule has 3 rings (SSSR count). The van der Waals surface area contributed by atoms with Crippen molar-refractivity contribution in [3.8, 4) is 0 Å². The number of likely N-dealkylation sites (N-methyl/N-ethyl adjacent to an activating group) is 1. The number of benzene rings is 2. The molecular formula is C23H27FN4O2. The molecule has 7 heteroatoms. The van der Waals surface area contributed by atoms with Gasteiger partial charge in [-0.3, -0.25) is 9.69 Å². The predicted octanol–water partition coefficient (Wildman–Crippen LogP) is 3.31. The highest BCUT2D eigenvalue weighted by molar-refractivity contribution is 5.91. The van der Waals surface area contributed by atoms with Crippen molar-refractivity contribution in [1.29, 1.82) is 0 Å². The van der Waals surface area contributed by atoms with Crippen LogP contribution in [0.3, 0.4) is 0 Å². The summed E-state index contributed by atoms with van der Waals surface area (Å²) in [5, 5.41) is 2.82. The van der Waals surface area contributed by atoms with E-state index in [9.17, 15) is 9.18 Å². The summed E-state index contributed by atoms with van der Waals surface area (Å²) in [6.07, 6.45) is 1.37. The van der Waals surface area contributed by atoms with Crippen molar-refractivity contribution in [3.05, 3.63) is 89.4 Å². The number of aromatic nitrogens is 1. The Labute approximate surface area is 176 Å². The maximum absolute atomic E-state index is 14.2.